The first kappa shape index (κ1) is 21.8. The fourth-order valence-electron chi connectivity index (χ4n) is 2.90. The van der Waals surface area contributed by atoms with Crippen molar-refractivity contribution in [3.8, 4) is 5.75 Å². The van der Waals surface area contributed by atoms with E-state index in [4.69, 9.17) is 4.74 Å². The van der Waals surface area contributed by atoms with Crippen LogP contribution >= 0.6 is 23.1 Å². The van der Waals surface area contributed by atoms with Gasteiger partial charge in [-0.15, -0.1) is 11.3 Å². The Hall–Kier alpha value is -3.43. The third-order valence-corrected chi connectivity index (χ3v) is 6.55. The molecule has 2 N–H and O–H groups in total. The zero-order valence-electron chi connectivity index (χ0n) is 16.9. The number of aromatic nitrogens is 1. The van der Waals surface area contributed by atoms with Crippen LogP contribution in [-0.4, -0.2) is 29.7 Å². The highest BCUT2D eigenvalue weighted by molar-refractivity contribution is 8.01. The van der Waals surface area contributed by atoms with Gasteiger partial charge in [-0.3, -0.25) is 9.59 Å². The first-order chi connectivity index (χ1) is 15.5. The van der Waals surface area contributed by atoms with Gasteiger partial charge in [0.1, 0.15) is 11.6 Å². The fraction of sp³-hybridized carbons (Fsp3) is 0.0870. The van der Waals surface area contributed by atoms with Gasteiger partial charge in [0.2, 0.25) is 5.91 Å². The molecule has 0 aliphatic heterocycles. The first-order valence-electron chi connectivity index (χ1n) is 9.54. The molecule has 2 amide bonds. The highest BCUT2D eigenvalue weighted by Gasteiger charge is 2.11. The second kappa shape index (κ2) is 9.80. The van der Waals surface area contributed by atoms with Crippen molar-refractivity contribution >= 4 is 56.5 Å². The van der Waals surface area contributed by atoms with E-state index in [9.17, 15) is 14.0 Å². The number of carbonyl (C=O) groups is 2. The molecular formula is C23H18FN3O3S2. The number of methoxy groups -OCH3 is 1. The van der Waals surface area contributed by atoms with E-state index in [2.05, 4.69) is 15.6 Å². The van der Waals surface area contributed by atoms with E-state index < -0.39 is 11.7 Å². The minimum absolute atomic E-state index is 0.148. The number of thiazole rings is 1. The maximum absolute atomic E-state index is 13.3. The molecule has 4 rings (SSSR count). The number of nitrogens with zero attached hydrogens (tertiary/aromatic N) is 1. The van der Waals surface area contributed by atoms with Crippen LogP contribution < -0.4 is 15.4 Å². The van der Waals surface area contributed by atoms with Crippen molar-refractivity contribution in [3.05, 3.63) is 78.1 Å². The molecule has 0 spiro atoms. The first-order valence-corrected chi connectivity index (χ1v) is 11.3. The molecule has 0 unspecified atom stereocenters. The lowest BCUT2D eigenvalue weighted by Gasteiger charge is -2.06. The van der Waals surface area contributed by atoms with Gasteiger partial charge in [0, 0.05) is 23.0 Å². The van der Waals surface area contributed by atoms with Crippen LogP contribution in [0.5, 0.6) is 5.75 Å². The summed E-state index contributed by atoms with van der Waals surface area (Å²) in [4.78, 5) is 29.1. The summed E-state index contributed by atoms with van der Waals surface area (Å²) in [7, 11) is 1.57. The number of carbonyl (C=O) groups excluding carboxylic acids is 2. The zero-order valence-corrected chi connectivity index (χ0v) is 18.6. The molecule has 1 aromatic heterocycles. The highest BCUT2D eigenvalue weighted by atomic mass is 32.2. The van der Waals surface area contributed by atoms with E-state index in [0.717, 1.165) is 14.6 Å². The van der Waals surface area contributed by atoms with Gasteiger partial charge in [0.05, 0.1) is 23.1 Å². The molecule has 9 heteroatoms. The molecule has 1 heterocycles. The van der Waals surface area contributed by atoms with Crippen LogP contribution in [0, 0.1) is 5.82 Å². The summed E-state index contributed by atoms with van der Waals surface area (Å²) in [6.07, 6.45) is 0. The van der Waals surface area contributed by atoms with Gasteiger partial charge in [0.25, 0.3) is 5.91 Å². The number of hydrogen-bond donors (Lipinski definition) is 2. The van der Waals surface area contributed by atoms with Crippen LogP contribution in [0.1, 0.15) is 10.4 Å². The SMILES string of the molecule is COc1cccc(NC(=O)CSc2nc3ccc(NC(=O)c4cccc(F)c4)cc3s2)c1. The molecule has 0 radical (unpaired) electrons. The van der Waals surface area contributed by atoms with Gasteiger partial charge in [-0.05, 0) is 48.5 Å². The number of halogens is 1. The third kappa shape index (κ3) is 5.43. The van der Waals surface area contributed by atoms with Crippen molar-refractivity contribution in [2.24, 2.45) is 0 Å². The van der Waals surface area contributed by atoms with Crippen molar-refractivity contribution in [2.75, 3.05) is 23.5 Å². The minimum atomic E-state index is -0.465. The standard InChI is InChI=1S/C23H18FN3O3S2/c1-30-18-7-3-6-16(11-18)25-21(28)13-31-23-27-19-9-8-17(12-20(19)32-23)26-22(29)14-4-2-5-15(24)10-14/h2-12H,13H2,1H3,(H,25,28)(H,26,29). The van der Waals surface area contributed by atoms with Crippen LogP contribution in [-0.2, 0) is 4.79 Å². The number of nitrogens with one attached hydrogen (secondary N) is 2. The van der Waals surface area contributed by atoms with Gasteiger partial charge < -0.3 is 15.4 Å². The molecule has 3 aromatic carbocycles. The smallest absolute Gasteiger partial charge is 0.255 e. The van der Waals surface area contributed by atoms with Gasteiger partial charge in [-0.1, -0.05) is 23.9 Å². The van der Waals surface area contributed by atoms with Crippen LogP contribution in [0.4, 0.5) is 15.8 Å². The molecular weight excluding hydrogens is 449 g/mol. The average Bonchev–Trinajstić information content (AvgIpc) is 3.20. The Morgan fingerprint density at radius 3 is 2.66 bits per heavy atom. The van der Waals surface area contributed by atoms with E-state index in [0.29, 0.717) is 17.1 Å². The second-order valence-electron chi connectivity index (χ2n) is 6.70. The maximum atomic E-state index is 13.3. The normalized spacial score (nSPS) is 10.7. The minimum Gasteiger partial charge on any atom is -0.497 e. The molecule has 32 heavy (non-hydrogen) atoms. The Morgan fingerprint density at radius 1 is 1.03 bits per heavy atom. The number of anilines is 2. The Bertz CT molecular complexity index is 1290. The van der Waals surface area contributed by atoms with Crippen molar-refractivity contribution < 1.29 is 18.7 Å². The average molecular weight is 468 g/mol. The van der Waals surface area contributed by atoms with E-state index in [1.54, 1.807) is 49.6 Å². The number of fused-ring (bicyclic) bond motifs is 1. The number of thioether (sulfide) groups is 1. The predicted octanol–water partition coefficient (Wildman–Crippen LogP) is 5.43. The van der Waals surface area contributed by atoms with Crippen molar-refractivity contribution in [1.29, 1.82) is 0 Å². The maximum Gasteiger partial charge on any atom is 0.255 e. The van der Waals surface area contributed by atoms with E-state index in [-0.39, 0.29) is 17.2 Å². The number of ether oxygens (including phenoxy) is 1. The number of benzene rings is 3. The number of hydrogen-bond acceptors (Lipinski definition) is 6. The van der Waals surface area contributed by atoms with Gasteiger partial charge in [-0.25, -0.2) is 9.37 Å². The quantitative estimate of drug-likeness (QED) is 0.355. The topological polar surface area (TPSA) is 80.3 Å². The van der Waals surface area contributed by atoms with Crippen LogP contribution in [0.2, 0.25) is 0 Å². The van der Waals surface area contributed by atoms with Crippen molar-refractivity contribution in [1.82, 2.24) is 4.98 Å². The Kier molecular flexibility index (Phi) is 6.67. The Morgan fingerprint density at radius 2 is 1.84 bits per heavy atom. The summed E-state index contributed by atoms with van der Waals surface area (Å²) in [6.45, 7) is 0. The van der Waals surface area contributed by atoms with Crippen LogP contribution in [0.25, 0.3) is 10.2 Å². The number of amides is 2. The molecule has 0 fully saturated rings. The summed E-state index contributed by atoms with van der Waals surface area (Å²) >= 11 is 2.77. The van der Waals surface area contributed by atoms with Gasteiger partial charge >= 0.3 is 0 Å². The highest BCUT2D eigenvalue weighted by Crippen LogP contribution is 2.31. The fourth-order valence-corrected chi connectivity index (χ4v) is 4.81. The molecule has 0 saturated heterocycles. The van der Waals surface area contributed by atoms with Gasteiger partial charge in [-0.2, -0.15) is 0 Å². The molecule has 6 nitrogen and oxygen atoms in total. The van der Waals surface area contributed by atoms with Crippen LogP contribution in [0.3, 0.4) is 0 Å². The predicted molar refractivity (Wildman–Crippen MR) is 126 cm³/mol. The van der Waals surface area contributed by atoms with E-state index >= 15 is 0 Å². The molecule has 0 atom stereocenters. The van der Waals surface area contributed by atoms with E-state index in [1.807, 2.05) is 6.07 Å². The summed E-state index contributed by atoms with van der Waals surface area (Å²) in [5, 5.41) is 5.60. The lowest BCUT2D eigenvalue weighted by Crippen LogP contribution is -2.13. The Balaban J connectivity index is 1.38. The molecule has 162 valence electrons. The molecule has 0 bridgehead atoms. The zero-order chi connectivity index (χ0) is 22.5. The number of rotatable bonds is 7. The van der Waals surface area contributed by atoms with Crippen molar-refractivity contribution in [3.63, 3.8) is 0 Å². The lowest BCUT2D eigenvalue weighted by molar-refractivity contribution is -0.113. The summed E-state index contributed by atoms with van der Waals surface area (Å²) in [5.41, 5.74) is 2.27. The monoisotopic (exact) mass is 467 g/mol. The molecule has 0 aliphatic rings. The molecule has 4 aromatic rings. The molecule has 0 saturated carbocycles. The largest absolute Gasteiger partial charge is 0.497 e. The Labute approximate surface area is 191 Å². The van der Waals surface area contributed by atoms with E-state index in [1.165, 1.54) is 41.3 Å². The molecule has 0 aliphatic carbocycles. The van der Waals surface area contributed by atoms with Gasteiger partial charge in [0.15, 0.2) is 4.34 Å². The second-order valence-corrected chi connectivity index (χ2v) is 8.95. The van der Waals surface area contributed by atoms with Crippen LogP contribution in [0.15, 0.2) is 71.1 Å². The summed E-state index contributed by atoms with van der Waals surface area (Å²) in [5.74, 6) is -0.127. The third-order valence-electron chi connectivity index (χ3n) is 4.39. The lowest BCUT2D eigenvalue weighted by atomic mass is 10.2. The van der Waals surface area contributed by atoms with Crippen molar-refractivity contribution in [2.45, 2.75) is 4.34 Å². The summed E-state index contributed by atoms with van der Waals surface area (Å²) < 4.78 is 20.1. The summed E-state index contributed by atoms with van der Waals surface area (Å²) in [6, 6.07) is 18.0.